The van der Waals surface area contributed by atoms with Crippen LogP contribution in [0.5, 0.6) is 11.5 Å². The summed E-state index contributed by atoms with van der Waals surface area (Å²) >= 11 is 0. The molecular weight excluding hydrogens is 524 g/mol. The summed E-state index contributed by atoms with van der Waals surface area (Å²) < 4.78 is 6.75. The van der Waals surface area contributed by atoms with Gasteiger partial charge in [0.05, 0.1) is 17.1 Å². The average Bonchev–Trinajstić information content (AvgIpc) is 3.19. The van der Waals surface area contributed by atoms with E-state index >= 15 is 0 Å². The number of hydrogen-bond acceptors (Lipinski definition) is 3. The van der Waals surface area contributed by atoms with Crippen molar-refractivity contribution in [1.82, 2.24) is 0 Å². The minimum atomic E-state index is 0.855. The molecule has 0 saturated heterocycles. The van der Waals surface area contributed by atoms with Gasteiger partial charge in [-0.2, -0.15) is 0 Å². The zero-order chi connectivity index (χ0) is 28.3. The first-order valence-corrected chi connectivity index (χ1v) is 14.6. The van der Waals surface area contributed by atoms with Crippen LogP contribution in [-0.2, 0) is 0 Å². The minimum absolute atomic E-state index is 0.855. The quantitative estimate of drug-likeness (QED) is 0.218. The highest BCUT2D eigenvalue weighted by Crippen LogP contribution is 2.61. The van der Waals surface area contributed by atoms with E-state index in [1.54, 1.807) is 0 Å². The van der Waals surface area contributed by atoms with Crippen molar-refractivity contribution in [2.45, 2.75) is 0 Å². The van der Waals surface area contributed by atoms with Crippen molar-refractivity contribution in [1.29, 1.82) is 0 Å². The van der Waals surface area contributed by atoms with E-state index in [4.69, 9.17) is 4.74 Å². The summed E-state index contributed by atoms with van der Waals surface area (Å²) in [5.74, 6) is 1.75. The molecule has 0 aliphatic carbocycles. The van der Waals surface area contributed by atoms with Crippen molar-refractivity contribution in [2.24, 2.45) is 0 Å². The van der Waals surface area contributed by atoms with Crippen LogP contribution < -0.4 is 14.5 Å². The predicted molar refractivity (Wildman–Crippen MR) is 178 cm³/mol. The van der Waals surface area contributed by atoms with Gasteiger partial charge in [0.2, 0.25) is 0 Å². The van der Waals surface area contributed by atoms with Crippen molar-refractivity contribution in [3.05, 3.63) is 158 Å². The molecule has 0 amide bonds. The first kappa shape index (κ1) is 23.9. The molecule has 0 N–H and O–H groups in total. The largest absolute Gasteiger partial charge is 0.452 e. The van der Waals surface area contributed by atoms with Gasteiger partial charge in [-0.05, 0) is 77.2 Å². The lowest BCUT2D eigenvalue weighted by Crippen LogP contribution is -2.17. The molecule has 3 nitrogen and oxygen atoms in total. The van der Waals surface area contributed by atoms with E-state index in [1.807, 2.05) is 6.07 Å². The molecule has 0 bridgehead atoms. The standard InChI is InChI=1S/C40H26N2O/c1-3-14-28(15-4-1)41(29-16-5-2-6-17-29)30-23-24-36-34(26-30)32-19-9-10-20-33(32)35-25-27-13-7-8-18-31(27)40-39(35)42(36)37-21-11-12-22-38(37)43-40/h1-26H. The van der Waals surface area contributed by atoms with E-state index in [2.05, 4.69) is 161 Å². The van der Waals surface area contributed by atoms with E-state index in [9.17, 15) is 0 Å². The van der Waals surface area contributed by atoms with Crippen molar-refractivity contribution in [2.75, 3.05) is 9.80 Å². The summed E-state index contributed by atoms with van der Waals surface area (Å²) in [4.78, 5) is 4.73. The maximum absolute atomic E-state index is 6.75. The fraction of sp³-hybridized carbons (Fsp3) is 0. The second kappa shape index (κ2) is 9.37. The number of anilines is 6. The maximum atomic E-state index is 6.75. The third-order valence-corrected chi connectivity index (χ3v) is 8.53. The summed E-state index contributed by atoms with van der Waals surface area (Å²) in [5, 5.41) is 2.27. The molecule has 0 saturated carbocycles. The zero-order valence-electron chi connectivity index (χ0n) is 23.3. The Bertz CT molecular complexity index is 2130. The van der Waals surface area contributed by atoms with Crippen LogP contribution in [0.15, 0.2) is 158 Å². The van der Waals surface area contributed by atoms with Crippen LogP contribution in [0.1, 0.15) is 0 Å². The van der Waals surface area contributed by atoms with Gasteiger partial charge in [-0.1, -0.05) is 97.1 Å². The van der Waals surface area contributed by atoms with Gasteiger partial charge in [-0.25, -0.2) is 0 Å². The highest BCUT2D eigenvalue weighted by atomic mass is 16.5. The summed E-state index contributed by atoms with van der Waals surface area (Å²) in [6, 6.07) is 56.0. The Labute approximate surface area is 250 Å². The lowest BCUT2D eigenvalue weighted by molar-refractivity contribution is 0.483. The van der Waals surface area contributed by atoms with Crippen LogP contribution >= 0.6 is 0 Å². The Hall–Kier alpha value is -5.80. The minimum Gasteiger partial charge on any atom is -0.452 e. The molecule has 3 heteroatoms. The van der Waals surface area contributed by atoms with Gasteiger partial charge in [0.25, 0.3) is 0 Å². The summed E-state index contributed by atoms with van der Waals surface area (Å²) in [6.45, 7) is 0. The molecule has 0 aromatic heterocycles. The molecule has 2 aliphatic rings. The summed E-state index contributed by atoms with van der Waals surface area (Å²) in [6.07, 6.45) is 0. The van der Waals surface area contributed by atoms with Crippen LogP contribution in [-0.4, -0.2) is 0 Å². The SMILES string of the molecule is c1ccc(N(c2ccccc2)c2ccc3c(c2)-c2ccccc2-c2cc4ccccc4c4c2N3c2ccccc2O4)cc1. The maximum Gasteiger partial charge on any atom is 0.159 e. The number of rotatable bonds is 3. The summed E-state index contributed by atoms with van der Waals surface area (Å²) in [7, 11) is 0. The van der Waals surface area contributed by atoms with Crippen molar-refractivity contribution >= 4 is 44.9 Å². The van der Waals surface area contributed by atoms with Crippen molar-refractivity contribution in [3.63, 3.8) is 0 Å². The van der Waals surface area contributed by atoms with Crippen molar-refractivity contribution in [3.8, 4) is 33.8 Å². The number of ether oxygens (including phenoxy) is 1. The Kier molecular flexibility index (Phi) is 5.20. The number of para-hydroxylation sites is 4. The first-order chi connectivity index (χ1) is 21.3. The van der Waals surface area contributed by atoms with Gasteiger partial charge >= 0.3 is 0 Å². The molecule has 7 aromatic rings. The van der Waals surface area contributed by atoms with Gasteiger partial charge in [0.1, 0.15) is 0 Å². The molecule has 7 aromatic carbocycles. The fourth-order valence-electron chi connectivity index (χ4n) is 6.67. The van der Waals surface area contributed by atoms with Gasteiger partial charge in [0, 0.05) is 33.6 Å². The third kappa shape index (κ3) is 3.62. The number of hydrogen-bond donors (Lipinski definition) is 0. The van der Waals surface area contributed by atoms with Gasteiger partial charge in [-0.3, -0.25) is 0 Å². The van der Waals surface area contributed by atoms with Gasteiger partial charge < -0.3 is 14.5 Å². The highest BCUT2D eigenvalue weighted by molar-refractivity contribution is 6.12. The lowest BCUT2D eigenvalue weighted by atomic mass is 9.92. The zero-order valence-corrected chi connectivity index (χ0v) is 23.3. The molecule has 0 unspecified atom stereocenters. The third-order valence-electron chi connectivity index (χ3n) is 8.53. The molecular formula is C40H26N2O. The predicted octanol–water partition coefficient (Wildman–Crippen LogP) is 11.5. The fourth-order valence-corrected chi connectivity index (χ4v) is 6.67. The topological polar surface area (TPSA) is 15.7 Å². The number of benzene rings is 7. The molecule has 43 heavy (non-hydrogen) atoms. The van der Waals surface area contributed by atoms with E-state index in [0.717, 1.165) is 56.4 Å². The number of nitrogens with zero attached hydrogens (tertiary/aromatic N) is 2. The van der Waals surface area contributed by atoms with Crippen LogP contribution in [0.4, 0.5) is 34.1 Å². The van der Waals surface area contributed by atoms with E-state index in [-0.39, 0.29) is 0 Å². The molecule has 0 radical (unpaired) electrons. The van der Waals surface area contributed by atoms with E-state index in [1.165, 1.54) is 22.3 Å². The van der Waals surface area contributed by atoms with Crippen molar-refractivity contribution < 1.29 is 4.74 Å². The molecule has 0 spiro atoms. The van der Waals surface area contributed by atoms with Crippen LogP contribution in [0, 0.1) is 0 Å². The van der Waals surface area contributed by atoms with Crippen LogP contribution in [0.25, 0.3) is 33.0 Å². The second-order valence-electron chi connectivity index (χ2n) is 11.0. The lowest BCUT2D eigenvalue weighted by Gasteiger charge is -2.35. The second-order valence-corrected chi connectivity index (χ2v) is 11.0. The molecule has 0 atom stereocenters. The number of fused-ring (bicyclic) bond motifs is 9. The Balaban J connectivity index is 1.37. The molecule has 2 aliphatic heterocycles. The summed E-state index contributed by atoms with van der Waals surface area (Å²) in [5.41, 5.74) is 11.3. The highest BCUT2D eigenvalue weighted by Gasteiger charge is 2.35. The van der Waals surface area contributed by atoms with Gasteiger partial charge in [0.15, 0.2) is 11.5 Å². The monoisotopic (exact) mass is 550 g/mol. The average molecular weight is 551 g/mol. The van der Waals surface area contributed by atoms with Crippen LogP contribution in [0.2, 0.25) is 0 Å². The first-order valence-electron chi connectivity index (χ1n) is 14.6. The Morgan fingerprint density at radius 2 is 1.07 bits per heavy atom. The Morgan fingerprint density at radius 3 is 1.84 bits per heavy atom. The molecule has 202 valence electrons. The Morgan fingerprint density at radius 1 is 0.442 bits per heavy atom. The smallest absolute Gasteiger partial charge is 0.159 e. The van der Waals surface area contributed by atoms with Crippen LogP contribution in [0.3, 0.4) is 0 Å². The van der Waals surface area contributed by atoms with E-state index in [0.29, 0.717) is 0 Å². The van der Waals surface area contributed by atoms with Gasteiger partial charge in [-0.15, -0.1) is 0 Å². The normalized spacial score (nSPS) is 12.3. The molecule has 0 fully saturated rings. The van der Waals surface area contributed by atoms with E-state index < -0.39 is 0 Å². The molecule has 9 rings (SSSR count). The molecule has 2 heterocycles.